The van der Waals surface area contributed by atoms with Gasteiger partial charge in [-0.2, -0.15) is 0 Å². The molecule has 0 atom stereocenters. The lowest BCUT2D eigenvalue weighted by Gasteiger charge is -2.03. The number of benzene rings is 1. The lowest BCUT2D eigenvalue weighted by Crippen LogP contribution is -2.09. The first-order valence-corrected chi connectivity index (χ1v) is 5.06. The second kappa shape index (κ2) is 4.71. The fraction of sp³-hybridized carbons (Fsp3) is 0.200. The zero-order chi connectivity index (χ0) is 12.3. The molecule has 88 valence electrons. The van der Waals surface area contributed by atoms with E-state index >= 15 is 0 Å². The number of aromatic nitrogens is 4. The molecule has 1 heterocycles. The molecule has 0 saturated heterocycles. The highest BCUT2D eigenvalue weighted by atomic mass is 16.3. The summed E-state index contributed by atoms with van der Waals surface area (Å²) in [6.45, 7) is 0.440. The number of hydrogen-bond acceptors (Lipinski definition) is 7. The number of hydrogen-bond donors (Lipinski definition) is 3. The average molecular weight is 232 g/mol. The van der Waals surface area contributed by atoms with Crippen molar-refractivity contribution in [2.75, 3.05) is 12.3 Å². The van der Waals surface area contributed by atoms with E-state index in [0.29, 0.717) is 30.0 Å². The van der Waals surface area contributed by atoms with E-state index in [4.69, 9.17) is 11.5 Å². The highest BCUT2D eigenvalue weighted by Crippen LogP contribution is 2.27. The van der Waals surface area contributed by atoms with E-state index in [9.17, 15) is 5.11 Å². The van der Waals surface area contributed by atoms with E-state index in [2.05, 4.69) is 20.4 Å². The minimum Gasteiger partial charge on any atom is -0.507 e. The molecular weight excluding hydrogens is 220 g/mol. The molecule has 0 fully saturated rings. The molecule has 5 N–H and O–H groups in total. The molecule has 0 saturated carbocycles. The first-order chi connectivity index (χ1) is 8.20. The second-order valence-electron chi connectivity index (χ2n) is 3.46. The molecule has 0 aliphatic heterocycles. The summed E-state index contributed by atoms with van der Waals surface area (Å²) < 4.78 is 0. The molecule has 0 radical (unpaired) electrons. The van der Waals surface area contributed by atoms with Crippen molar-refractivity contribution in [2.45, 2.75) is 6.42 Å². The van der Waals surface area contributed by atoms with Crippen LogP contribution in [0.5, 0.6) is 5.75 Å². The van der Waals surface area contributed by atoms with Gasteiger partial charge in [0, 0.05) is 18.2 Å². The van der Waals surface area contributed by atoms with E-state index in [-0.39, 0.29) is 11.6 Å². The van der Waals surface area contributed by atoms with Crippen molar-refractivity contribution in [3.8, 4) is 17.1 Å². The van der Waals surface area contributed by atoms with Gasteiger partial charge >= 0.3 is 0 Å². The maximum absolute atomic E-state index is 9.68. The van der Waals surface area contributed by atoms with Crippen LogP contribution in [0.25, 0.3) is 11.4 Å². The van der Waals surface area contributed by atoms with E-state index < -0.39 is 0 Å². The normalized spacial score (nSPS) is 10.4. The molecule has 7 nitrogen and oxygen atoms in total. The monoisotopic (exact) mass is 232 g/mol. The maximum atomic E-state index is 9.68. The summed E-state index contributed by atoms with van der Waals surface area (Å²) in [4.78, 5) is 0. The molecule has 1 aromatic heterocycles. The van der Waals surface area contributed by atoms with Crippen molar-refractivity contribution in [1.82, 2.24) is 20.4 Å². The van der Waals surface area contributed by atoms with Crippen LogP contribution in [0.4, 0.5) is 5.69 Å². The van der Waals surface area contributed by atoms with E-state index in [1.165, 1.54) is 6.07 Å². The van der Waals surface area contributed by atoms with Crippen molar-refractivity contribution >= 4 is 5.69 Å². The number of nitrogens with zero attached hydrogens (tertiary/aromatic N) is 4. The molecule has 0 spiro atoms. The molecule has 0 aliphatic carbocycles. The van der Waals surface area contributed by atoms with Gasteiger partial charge in [0.1, 0.15) is 5.75 Å². The third-order valence-corrected chi connectivity index (χ3v) is 2.15. The Balaban J connectivity index is 2.33. The molecular formula is C10H12N6O. The minimum absolute atomic E-state index is 0.000162. The van der Waals surface area contributed by atoms with E-state index in [0.717, 1.165) is 0 Å². The summed E-state index contributed by atoms with van der Waals surface area (Å²) in [7, 11) is 0. The van der Waals surface area contributed by atoms with Gasteiger partial charge in [-0.1, -0.05) is 0 Å². The lowest BCUT2D eigenvalue weighted by atomic mass is 10.2. The molecule has 2 aromatic rings. The zero-order valence-corrected chi connectivity index (χ0v) is 9.04. The first kappa shape index (κ1) is 11.2. The Morgan fingerprint density at radius 3 is 2.41 bits per heavy atom. The van der Waals surface area contributed by atoms with Crippen molar-refractivity contribution in [2.24, 2.45) is 5.73 Å². The van der Waals surface area contributed by atoms with E-state index in [1.54, 1.807) is 12.1 Å². The smallest absolute Gasteiger partial charge is 0.207 e. The summed E-state index contributed by atoms with van der Waals surface area (Å²) in [5.41, 5.74) is 11.8. The third-order valence-electron chi connectivity index (χ3n) is 2.15. The van der Waals surface area contributed by atoms with Gasteiger partial charge in [0.15, 0.2) is 5.82 Å². The van der Waals surface area contributed by atoms with Gasteiger partial charge < -0.3 is 16.6 Å². The topological polar surface area (TPSA) is 124 Å². The fourth-order valence-corrected chi connectivity index (χ4v) is 1.32. The van der Waals surface area contributed by atoms with Crippen molar-refractivity contribution in [3.05, 3.63) is 24.0 Å². The van der Waals surface area contributed by atoms with Crippen LogP contribution >= 0.6 is 0 Å². The van der Waals surface area contributed by atoms with Crippen LogP contribution in [-0.4, -0.2) is 32.0 Å². The van der Waals surface area contributed by atoms with Crippen LogP contribution in [0, 0.1) is 0 Å². The van der Waals surface area contributed by atoms with Crippen molar-refractivity contribution in [1.29, 1.82) is 0 Å². The first-order valence-electron chi connectivity index (χ1n) is 5.06. The molecule has 1 aromatic carbocycles. The van der Waals surface area contributed by atoms with Gasteiger partial charge in [0.05, 0.1) is 5.56 Å². The highest BCUT2D eigenvalue weighted by Gasteiger charge is 2.09. The zero-order valence-electron chi connectivity index (χ0n) is 9.04. The van der Waals surface area contributed by atoms with Crippen molar-refractivity contribution in [3.63, 3.8) is 0 Å². The van der Waals surface area contributed by atoms with Crippen LogP contribution in [0.3, 0.4) is 0 Å². The van der Waals surface area contributed by atoms with Crippen LogP contribution in [-0.2, 0) is 6.42 Å². The average Bonchev–Trinajstić information content (AvgIpc) is 2.31. The summed E-state index contributed by atoms with van der Waals surface area (Å²) in [5, 5.41) is 25.2. The van der Waals surface area contributed by atoms with Crippen LogP contribution in [0.2, 0.25) is 0 Å². The van der Waals surface area contributed by atoms with Crippen molar-refractivity contribution < 1.29 is 5.11 Å². The molecule has 17 heavy (non-hydrogen) atoms. The maximum Gasteiger partial charge on any atom is 0.207 e. The van der Waals surface area contributed by atoms with E-state index in [1.807, 2.05) is 0 Å². The summed E-state index contributed by atoms with van der Waals surface area (Å²) >= 11 is 0. The number of nitrogens with two attached hydrogens (primary N) is 2. The fourth-order valence-electron chi connectivity index (χ4n) is 1.32. The number of aromatic hydroxyl groups is 1. The lowest BCUT2D eigenvalue weighted by molar-refractivity contribution is 0.477. The Morgan fingerprint density at radius 2 is 1.82 bits per heavy atom. The Labute approximate surface area is 97.5 Å². The third kappa shape index (κ3) is 2.45. The predicted octanol–water partition coefficient (Wildman–Crippen LogP) is -0.277. The Morgan fingerprint density at radius 1 is 1.12 bits per heavy atom. The minimum atomic E-state index is 0.000162. The van der Waals surface area contributed by atoms with Gasteiger partial charge in [-0.15, -0.1) is 20.4 Å². The van der Waals surface area contributed by atoms with Gasteiger partial charge in [-0.25, -0.2) is 0 Å². The number of phenols is 1. The van der Waals surface area contributed by atoms with Gasteiger partial charge in [0.2, 0.25) is 5.82 Å². The number of anilines is 1. The van der Waals surface area contributed by atoms with Crippen LogP contribution in [0.15, 0.2) is 18.2 Å². The molecule has 2 rings (SSSR count). The summed E-state index contributed by atoms with van der Waals surface area (Å²) in [5.74, 6) is 0.731. The molecule has 0 amide bonds. The highest BCUT2D eigenvalue weighted by molar-refractivity contribution is 5.66. The predicted molar refractivity (Wildman–Crippen MR) is 61.9 cm³/mol. The van der Waals surface area contributed by atoms with Crippen LogP contribution < -0.4 is 11.5 Å². The second-order valence-corrected chi connectivity index (χ2v) is 3.46. The molecule has 0 bridgehead atoms. The Hall–Kier alpha value is -2.28. The number of rotatable bonds is 3. The number of nitrogen functional groups attached to an aromatic ring is 1. The molecule has 7 heteroatoms. The van der Waals surface area contributed by atoms with Gasteiger partial charge in [-0.05, 0) is 18.7 Å². The molecule has 0 aliphatic rings. The largest absolute Gasteiger partial charge is 0.507 e. The van der Waals surface area contributed by atoms with Gasteiger partial charge in [-0.3, -0.25) is 0 Å². The molecule has 0 unspecified atom stereocenters. The number of phenolic OH excluding ortho intramolecular Hbond substituents is 1. The summed E-state index contributed by atoms with van der Waals surface area (Å²) in [6, 6.07) is 4.69. The SMILES string of the molecule is NCCc1nnc(-c2ccc(N)cc2O)nn1. The quantitative estimate of drug-likeness (QED) is 0.622. The van der Waals surface area contributed by atoms with Gasteiger partial charge in [0.25, 0.3) is 0 Å². The summed E-state index contributed by atoms with van der Waals surface area (Å²) in [6.07, 6.45) is 0.522. The Bertz CT molecular complexity index is 513. The Kier molecular flexibility index (Phi) is 3.10. The standard InChI is InChI=1S/C10H12N6O/c11-4-3-9-13-15-10(16-14-9)7-2-1-6(12)5-8(7)17/h1-2,5,17H,3-4,11-12H2. The van der Waals surface area contributed by atoms with Crippen LogP contribution in [0.1, 0.15) is 5.82 Å².